The van der Waals surface area contributed by atoms with Crippen molar-refractivity contribution in [2.24, 2.45) is 0 Å². The highest BCUT2D eigenvalue weighted by Crippen LogP contribution is 2.24. The summed E-state index contributed by atoms with van der Waals surface area (Å²) >= 11 is 0. The van der Waals surface area contributed by atoms with Crippen LogP contribution in [0.2, 0.25) is 0 Å². The zero-order valence-corrected chi connectivity index (χ0v) is 7.76. The molecule has 0 bridgehead atoms. The first-order valence-electron chi connectivity index (χ1n) is 4.12. The predicted octanol–water partition coefficient (Wildman–Crippen LogP) is 1.98. The summed E-state index contributed by atoms with van der Waals surface area (Å²) in [7, 11) is 1.91. The highest BCUT2D eigenvalue weighted by molar-refractivity contribution is 5.39. The maximum Gasteiger partial charge on any atom is 0.118 e. The van der Waals surface area contributed by atoms with Gasteiger partial charge in [0.05, 0.1) is 0 Å². The lowest BCUT2D eigenvalue weighted by Gasteiger charge is -2.14. The van der Waals surface area contributed by atoms with E-state index in [2.05, 4.69) is 12.2 Å². The molecule has 1 aromatic rings. The summed E-state index contributed by atoms with van der Waals surface area (Å²) in [6, 6.07) is 5.89. The van der Waals surface area contributed by atoms with Crippen molar-refractivity contribution in [3.63, 3.8) is 0 Å². The predicted molar refractivity (Wildman–Crippen MR) is 50.3 cm³/mol. The van der Waals surface area contributed by atoms with Crippen molar-refractivity contribution in [3.8, 4) is 5.75 Å². The van der Waals surface area contributed by atoms with E-state index in [1.807, 2.05) is 26.1 Å². The van der Waals surface area contributed by atoms with E-state index in [-0.39, 0.29) is 6.04 Å². The van der Waals surface area contributed by atoms with Crippen molar-refractivity contribution in [2.75, 3.05) is 7.05 Å². The number of aromatic hydroxyl groups is 1. The first kappa shape index (κ1) is 9.07. The Hall–Kier alpha value is -1.02. The molecule has 0 heterocycles. The molecule has 2 nitrogen and oxygen atoms in total. The molecule has 0 fully saturated rings. The summed E-state index contributed by atoms with van der Waals surface area (Å²) in [5, 5.41) is 12.6. The smallest absolute Gasteiger partial charge is 0.118 e. The minimum absolute atomic E-state index is 0.289. The van der Waals surface area contributed by atoms with Crippen molar-refractivity contribution < 1.29 is 5.11 Å². The summed E-state index contributed by atoms with van der Waals surface area (Å²) in [5.74, 6) is 0.370. The van der Waals surface area contributed by atoms with Gasteiger partial charge >= 0.3 is 0 Å². The van der Waals surface area contributed by atoms with Gasteiger partial charge in [0, 0.05) is 6.04 Å². The molecule has 0 saturated heterocycles. The Balaban J connectivity index is 3.07. The molecule has 66 valence electrons. The van der Waals surface area contributed by atoms with Gasteiger partial charge in [-0.15, -0.1) is 0 Å². The molecule has 0 unspecified atom stereocenters. The van der Waals surface area contributed by atoms with Crippen LogP contribution in [0, 0.1) is 6.92 Å². The number of nitrogens with one attached hydrogen (secondary N) is 1. The van der Waals surface area contributed by atoms with Crippen molar-refractivity contribution >= 4 is 0 Å². The van der Waals surface area contributed by atoms with Crippen LogP contribution in [0.3, 0.4) is 0 Å². The Kier molecular flexibility index (Phi) is 2.71. The zero-order chi connectivity index (χ0) is 9.14. The fraction of sp³-hybridized carbons (Fsp3) is 0.400. The summed E-state index contributed by atoms with van der Waals surface area (Å²) in [4.78, 5) is 0. The molecular weight excluding hydrogens is 150 g/mol. The average molecular weight is 165 g/mol. The van der Waals surface area contributed by atoms with Gasteiger partial charge in [-0.25, -0.2) is 0 Å². The van der Waals surface area contributed by atoms with Crippen LogP contribution in [-0.4, -0.2) is 12.2 Å². The summed E-state index contributed by atoms with van der Waals surface area (Å²) in [5.41, 5.74) is 2.11. The fourth-order valence-electron chi connectivity index (χ4n) is 1.27. The third kappa shape index (κ3) is 1.59. The molecule has 0 radical (unpaired) electrons. The molecule has 1 aromatic carbocycles. The molecule has 1 atom stereocenters. The SMILES string of the molecule is CN[C@@H](C)c1cccc(O)c1C. The Morgan fingerprint density at radius 1 is 1.42 bits per heavy atom. The standard InChI is InChI=1S/C10H15NO/c1-7-9(8(2)11-3)5-4-6-10(7)12/h4-6,8,11-12H,1-3H3/t8-/m0/s1. The summed E-state index contributed by atoms with van der Waals surface area (Å²) in [6.45, 7) is 4.00. The quantitative estimate of drug-likeness (QED) is 0.702. The number of hydrogen-bond donors (Lipinski definition) is 2. The summed E-state index contributed by atoms with van der Waals surface area (Å²) in [6.07, 6.45) is 0. The molecule has 1 rings (SSSR count). The molecule has 0 spiro atoms. The molecule has 0 aliphatic heterocycles. The first-order chi connectivity index (χ1) is 5.66. The Morgan fingerprint density at radius 3 is 2.67 bits per heavy atom. The third-order valence-electron chi connectivity index (χ3n) is 2.25. The molecule has 0 amide bonds. The van der Waals surface area contributed by atoms with Crippen LogP contribution in [0.25, 0.3) is 0 Å². The number of phenols is 1. The molecule has 0 saturated carbocycles. The number of phenolic OH excluding ortho intramolecular Hbond substituents is 1. The molecule has 0 aromatic heterocycles. The largest absolute Gasteiger partial charge is 0.508 e. The van der Waals surface area contributed by atoms with Crippen molar-refractivity contribution in [3.05, 3.63) is 29.3 Å². The maximum absolute atomic E-state index is 9.42. The molecular formula is C10H15NO. The second-order valence-corrected chi connectivity index (χ2v) is 3.00. The Bertz CT molecular complexity index is 271. The number of hydrogen-bond acceptors (Lipinski definition) is 2. The topological polar surface area (TPSA) is 32.3 Å². The highest BCUT2D eigenvalue weighted by Gasteiger charge is 2.07. The van der Waals surface area contributed by atoms with Gasteiger partial charge in [0.1, 0.15) is 5.75 Å². The normalized spacial score (nSPS) is 12.9. The zero-order valence-electron chi connectivity index (χ0n) is 7.76. The van der Waals surface area contributed by atoms with Crippen molar-refractivity contribution in [1.82, 2.24) is 5.32 Å². The van der Waals surface area contributed by atoms with E-state index in [0.717, 1.165) is 11.1 Å². The number of benzene rings is 1. The first-order valence-corrected chi connectivity index (χ1v) is 4.12. The van der Waals surface area contributed by atoms with E-state index in [1.165, 1.54) is 0 Å². The van der Waals surface area contributed by atoms with Crippen molar-refractivity contribution in [2.45, 2.75) is 19.9 Å². The van der Waals surface area contributed by atoms with Crippen LogP contribution in [0.4, 0.5) is 0 Å². The van der Waals surface area contributed by atoms with E-state index >= 15 is 0 Å². The van der Waals surface area contributed by atoms with E-state index in [4.69, 9.17) is 0 Å². The van der Waals surface area contributed by atoms with Crippen LogP contribution in [0.1, 0.15) is 24.1 Å². The Labute approximate surface area is 73.2 Å². The lowest BCUT2D eigenvalue weighted by atomic mass is 10.0. The van der Waals surface area contributed by atoms with Gasteiger partial charge in [-0.3, -0.25) is 0 Å². The fourth-order valence-corrected chi connectivity index (χ4v) is 1.27. The third-order valence-corrected chi connectivity index (χ3v) is 2.25. The van der Waals surface area contributed by atoms with E-state index in [9.17, 15) is 5.11 Å². The second kappa shape index (κ2) is 3.59. The van der Waals surface area contributed by atoms with Gasteiger partial charge in [0.2, 0.25) is 0 Å². The van der Waals surface area contributed by atoms with Gasteiger partial charge in [0.25, 0.3) is 0 Å². The highest BCUT2D eigenvalue weighted by atomic mass is 16.3. The van der Waals surface area contributed by atoms with Gasteiger partial charge in [-0.1, -0.05) is 12.1 Å². The monoisotopic (exact) mass is 165 g/mol. The molecule has 0 aliphatic carbocycles. The van der Waals surface area contributed by atoms with Crippen molar-refractivity contribution in [1.29, 1.82) is 0 Å². The molecule has 2 heteroatoms. The Morgan fingerprint density at radius 2 is 2.08 bits per heavy atom. The van der Waals surface area contributed by atoms with E-state index in [1.54, 1.807) is 6.07 Å². The van der Waals surface area contributed by atoms with Gasteiger partial charge in [0.15, 0.2) is 0 Å². The lowest BCUT2D eigenvalue weighted by molar-refractivity contribution is 0.468. The van der Waals surface area contributed by atoms with Crippen LogP contribution in [0.5, 0.6) is 5.75 Å². The van der Waals surface area contributed by atoms with Gasteiger partial charge in [-0.05, 0) is 38.1 Å². The molecule has 12 heavy (non-hydrogen) atoms. The van der Waals surface area contributed by atoms with Crippen LogP contribution in [-0.2, 0) is 0 Å². The second-order valence-electron chi connectivity index (χ2n) is 3.00. The van der Waals surface area contributed by atoms with E-state index in [0.29, 0.717) is 5.75 Å². The molecule has 2 N–H and O–H groups in total. The maximum atomic E-state index is 9.42. The van der Waals surface area contributed by atoms with Crippen LogP contribution >= 0.6 is 0 Å². The van der Waals surface area contributed by atoms with Crippen LogP contribution in [0.15, 0.2) is 18.2 Å². The van der Waals surface area contributed by atoms with Gasteiger partial charge < -0.3 is 10.4 Å². The van der Waals surface area contributed by atoms with Gasteiger partial charge in [-0.2, -0.15) is 0 Å². The lowest BCUT2D eigenvalue weighted by Crippen LogP contribution is -2.13. The minimum atomic E-state index is 0.289. The summed E-state index contributed by atoms with van der Waals surface area (Å²) < 4.78 is 0. The minimum Gasteiger partial charge on any atom is -0.508 e. The average Bonchev–Trinajstić information content (AvgIpc) is 2.08. The van der Waals surface area contributed by atoms with Crippen LogP contribution < -0.4 is 5.32 Å². The van der Waals surface area contributed by atoms with E-state index < -0.39 is 0 Å². The molecule has 0 aliphatic rings. The number of rotatable bonds is 2.